The van der Waals surface area contributed by atoms with E-state index >= 15 is 0 Å². The van der Waals surface area contributed by atoms with E-state index in [0.717, 1.165) is 10.9 Å². The Kier molecular flexibility index (Phi) is 4.02. The first kappa shape index (κ1) is 12.0. The molecule has 0 saturated carbocycles. The largest absolute Gasteiger partial charge is 0.383 e. The molecule has 0 aliphatic rings. The van der Waals surface area contributed by atoms with Crippen LogP contribution in [0.2, 0.25) is 0 Å². The van der Waals surface area contributed by atoms with Gasteiger partial charge in [-0.15, -0.1) is 0 Å². The number of fused-ring (bicyclic) bond motifs is 1. The topological polar surface area (TPSA) is 40.7 Å². The van der Waals surface area contributed by atoms with Gasteiger partial charge in [0.25, 0.3) is 0 Å². The van der Waals surface area contributed by atoms with Crippen molar-refractivity contribution in [1.29, 1.82) is 0 Å². The molecule has 92 valence electrons. The maximum absolute atomic E-state index is 4.03. The van der Waals surface area contributed by atoms with Gasteiger partial charge in [-0.2, -0.15) is 5.10 Å². The highest BCUT2D eigenvalue weighted by molar-refractivity contribution is 5.81. The predicted octanol–water partition coefficient (Wildman–Crippen LogP) is 3.94. The van der Waals surface area contributed by atoms with E-state index in [1.54, 1.807) is 0 Å². The Bertz CT molecular complexity index is 461. The number of aromatic nitrogens is 2. The highest BCUT2D eigenvalue weighted by atomic mass is 15.1. The molecule has 0 bridgehead atoms. The number of rotatable bonds is 6. The summed E-state index contributed by atoms with van der Waals surface area (Å²) in [5, 5.41) is 11.7. The Hall–Kier alpha value is -1.51. The molecule has 0 fully saturated rings. The number of H-pyrrole nitrogens is 1. The van der Waals surface area contributed by atoms with Crippen molar-refractivity contribution < 1.29 is 0 Å². The van der Waals surface area contributed by atoms with E-state index in [1.165, 1.54) is 31.4 Å². The van der Waals surface area contributed by atoms with Gasteiger partial charge in [-0.05, 0) is 31.5 Å². The molecule has 1 atom stereocenters. The van der Waals surface area contributed by atoms with E-state index in [2.05, 4.69) is 47.6 Å². The molecule has 0 saturated heterocycles. The summed E-state index contributed by atoms with van der Waals surface area (Å²) < 4.78 is 0. The zero-order chi connectivity index (χ0) is 12.1. The van der Waals surface area contributed by atoms with Crippen molar-refractivity contribution in [1.82, 2.24) is 10.2 Å². The highest BCUT2D eigenvalue weighted by Gasteiger charge is 2.03. The first-order valence-corrected chi connectivity index (χ1v) is 6.49. The van der Waals surface area contributed by atoms with Gasteiger partial charge in [-0.1, -0.05) is 26.2 Å². The summed E-state index contributed by atoms with van der Waals surface area (Å²) in [4.78, 5) is 0. The number of unbranched alkanes of at least 4 members (excludes halogenated alkanes) is 2. The smallest absolute Gasteiger partial charge is 0.0670 e. The molecular weight excluding hydrogens is 210 g/mol. The third-order valence-corrected chi connectivity index (χ3v) is 3.10. The third kappa shape index (κ3) is 3.22. The van der Waals surface area contributed by atoms with Crippen molar-refractivity contribution in [3.63, 3.8) is 0 Å². The molecule has 17 heavy (non-hydrogen) atoms. The summed E-state index contributed by atoms with van der Waals surface area (Å²) in [6, 6.07) is 6.87. The minimum absolute atomic E-state index is 0.530. The second-order valence-electron chi connectivity index (χ2n) is 4.71. The molecule has 0 aliphatic heterocycles. The number of anilines is 1. The van der Waals surface area contributed by atoms with Crippen LogP contribution < -0.4 is 5.32 Å². The van der Waals surface area contributed by atoms with Crippen molar-refractivity contribution in [2.75, 3.05) is 5.32 Å². The van der Waals surface area contributed by atoms with Crippen LogP contribution in [0.15, 0.2) is 24.4 Å². The van der Waals surface area contributed by atoms with Crippen LogP contribution in [0, 0.1) is 0 Å². The van der Waals surface area contributed by atoms with Crippen LogP contribution in [0.3, 0.4) is 0 Å². The zero-order valence-corrected chi connectivity index (χ0v) is 10.7. The van der Waals surface area contributed by atoms with Gasteiger partial charge in [-0.25, -0.2) is 0 Å². The molecule has 1 aromatic carbocycles. The standard InChI is InChI=1S/C14H21N3/c1-3-4-5-6-11(2)16-13-8-7-12-10-15-17-14(12)9-13/h7-11,16H,3-6H2,1-2H3,(H,15,17). The number of nitrogens with zero attached hydrogens (tertiary/aromatic N) is 1. The van der Waals surface area contributed by atoms with Crippen LogP contribution in [0.4, 0.5) is 5.69 Å². The van der Waals surface area contributed by atoms with Crippen molar-refractivity contribution in [2.24, 2.45) is 0 Å². The molecule has 2 N–H and O–H groups in total. The van der Waals surface area contributed by atoms with Crippen LogP contribution in [-0.2, 0) is 0 Å². The van der Waals surface area contributed by atoms with Crippen LogP contribution in [-0.4, -0.2) is 16.2 Å². The number of benzene rings is 1. The van der Waals surface area contributed by atoms with Crippen molar-refractivity contribution in [3.05, 3.63) is 24.4 Å². The molecule has 2 rings (SSSR count). The van der Waals surface area contributed by atoms with E-state index in [4.69, 9.17) is 0 Å². The molecule has 1 aromatic heterocycles. The van der Waals surface area contributed by atoms with Gasteiger partial charge in [0.2, 0.25) is 0 Å². The number of hydrogen-bond acceptors (Lipinski definition) is 2. The van der Waals surface area contributed by atoms with E-state index in [1.807, 2.05) is 6.20 Å². The van der Waals surface area contributed by atoms with Gasteiger partial charge in [0.15, 0.2) is 0 Å². The monoisotopic (exact) mass is 231 g/mol. The van der Waals surface area contributed by atoms with Crippen molar-refractivity contribution in [2.45, 2.75) is 45.6 Å². The fraction of sp³-hybridized carbons (Fsp3) is 0.500. The molecular formula is C14H21N3. The fourth-order valence-electron chi connectivity index (χ4n) is 2.08. The SMILES string of the molecule is CCCCCC(C)Nc1ccc2cn[nH]c2c1. The van der Waals surface area contributed by atoms with Crippen LogP contribution in [0.25, 0.3) is 10.9 Å². The molecule has 1 heterocycles. The van der Waals surface area contributed by atoms with Crippen LogP contribution in [0.5, 0.6) is 0 Å². The minimum atomic E-state index is 0.530. The second kappa shape index (κ2) is 5.71. The third-order valence-electron chi connectivity index (χ3n) is 3.10. The van der Waals surface area contributed by atoms with Gasteiger partial charge < -0.3 is 5.32 Å². The Labute approximate surface area is 103 Å². The zero-order valence-electron chi connectivity index (χ0n) is 10.7. The summed E-state index contributed by atoms with van der Waals surface area (Å²) in [6.07, 6.45) is 6.99. The van der Waals surface area contributed by atoms with Gasteiger partial charge in [0, 0.05) is 17.1 Å². The lowest BCUT2D eigenvalue weighted by Gasteiger charge is -2.14. The summed E-state index contributed by atoms with van der Waals surface area (Å²) in [6.45, 7) is 4.48. The van der Waals surface area contributed by atoms with E-state index in [-0.39, 0.29) is 0 Å². The molecule has 3 nitrogen and oxygen atoms in total. The molecule has 3 heteroatoms. The highest BCUT2D eigenvalue weighted by Crippen LogP contribution is 2.18. The summed E-state index contributed by atoms with van der Waals surface area (Å²) >= 11 is 0. The summed E-state index contributed by atoms with van der Waals surface area (Å²) in [5.74, 6) is 0. The van der Waals surface area contributed by atoms with Crippen molar-refractivity contribution in [3.8, 4) is 0 Å². The van der Waals surface area contributed by atoms with Gasteiger partial charge in [-0.3, -0.25) is 5.10 Å². The summed E-state index contributed by atoms with van der Waals surface area (Å²) in [5.41, 5.74) is 2.27. The molecule has 0 aliphatic carbocycles. The lowest BCUT2D eigenvalue weighted by molar-refractivity contribution is 0.615. The van der Waals surface area contributed by atoms with Crippen LogP contribution in [0.1, 0.15) is 39.5 Å². The molecule has 1 unspecified atom stereocenters. The quantitative estimate of drug-likeness (QED) is 0.739. The van der Waals surface area contributed by atoms with Gasteiger partial charge >= 0.3 is 0 Å². The maximum Gasteiger partial charge on any atom is 0.0670 e. The Morgan fingerprint density at radius 3 is 3.06 bits per heavy atom. The van der Waals surface area contributed by atoms with E-state index in [0.29, 0.717) is 6.04 Å². The lowest BCUT2D eigenvalue weighted by atomic mass is 10.1. The first-order chi connectivity index (χ1) is 8.29. The van der Waals surface area contributed by atoms with Gasteiger partial charge in [0.1, 0.15) is 0 Å². The average molecular weight is 231 g/mol. The lowest BCUT2D eigenvalue weighted by Crippen LogP contribution is -2.14. The predicted molar refractivity (Wildman–Crippen MR) is 73.3 cm³/mol. The van der Waals surface area contributed by atoms with E-state index < -0.39 is 0 Å². The molecule has 0 spiro atoms. The number of nitrogens with one attached hydrogen (secondary N) is 2. The Balaban J connectivity index is 1.93. The normalized spacial score (nSPS) is 12.8. The summed E-state index contributed by atoms with van der Waals surface area (Å²) in [7, 11) is 0. The number of aromatic amines is 1. The molecule has 0 amide bonds. The van der Waals surface area contributed by atoms with Crippen molar-refractivity contribution >= 4 is 16.6 Å². The maximum atomic E-state index is 4.03. The number of hydrogen-bond donors (Lipinski definition) is 2. The Morgan fingerprint density at radius 1 is 1.35 bits per heavy atom. The minimum Gasteiger partial charge on any atom is -0.383 e. The van der Waals surface area contributed by atoms with Gasteiger partial charge in [0.05, 0.1) is 11.7 Å². The molecule has 2 aromatic rings. The first-order valence-electron chi connectivity index (χ1n) is 6.49. The fourth-order valence-corrected chi connectivity index (χ4v) is 2.08. The molecule has 0 radical (unpaired) electrons. The van der Waals surface area contributed by atoms with Crippen LogP contribution >= 0.6 is 0 Å². The second-order valence-corrected chi connectivity index (χ2v) is 4.71. The average Bonchev–Trinajstić information content (AvgIpc) is 2.76. The van der Waals surface area contributed by atoms with E-state index in [9.17, 15) is 0 Å². The Morgan fingerprint density at radius 2 is 2.24 bits per heavy atom.